The van der Waals surface area contributed by atoms with E-state index < -0.39 is 16.9 Å². The summed E-state index contributed by atoms with van der Waals surface area (Å²) in [5.74, 6) is 0.133. The van der Waals surface area contributed by atoms with Gasteiger partial charge in [-0.1, -0.05) is 6.07 Å². The van der Waals surface area contributed by atoms with E-state index >= 15 is 0 Å². The number of nitrogens with zero attached hydrogens (tertiary/aromatic N) is 1. The van der Waals surface area contributed by atoms with E-state index in [1.165, 1.54) is 26.2 Å². The van der Waals surface area contributed by atoms with E-state index in [4.69, 9.17) is 9.47 Å². The smallest absolute Gasteiger partial charge is 0.270 e. The number of non-ortho nitro benzene ring substituents is 1. The Morgan fingerprint density at radius 2 is 1.92 bits per heavy atom. The van der Waals surface area contributed by atoms with Crippen LogP contribution in [-0.4, -0.2) is 30.3 Å². The highest BCUT2D eigenvalue weighted by Gasteiger charge is 2.19. The van der Waals surface area contributed by atoms with E-state index in [0.29, 0.717) is 17.7 Å². The molecule has 0 saturated heterocycles. The monoisotopic (exact) mass is 358 g/mol. The molecule has 2 rings (SSSR count). The molecule has 8 heteroatoms. The minimum Gasteiger partial charge on any atom is -0.495 e. The summed E-state index contributed by atoms with van der Waals surface area (Å²) < 4.78 is 10.7. The fraction of sp³-hybridized carbons (Fsp3) is 0.222. The van der Waals surface area contributed by atoms with Gasteiger partial charge in [0.2, 0.25) is 0 Å². The lowest BCUT2D eigenvalue weighted by atomic mass is 10.2. The Morgan fingerprint density at radius 1 is 1.23 bits per heavy atom. The molecule has 1 atom stereocenters. The van der Waals surface area contributed by atoms with E-state index in [2.05, 4.69) is 5.32 Å². The number of hydrogen-bond acceptors (Lipinski definition) is 6. The van der Waals surface area contributed by atoms with E-state index in [-0.39, 0.29) is 17.0 Å². The summed E-state index contributed by atoms with van der Waals surface area (Å²) in [7, 11) is 1.49. The summed E-state index contributed by atoms with van der Waals surface area (Å²) in [5, 5.41) is 13.5. The molecule has 0 aliphatic rings. The lowest BCUT2D eigenvalue weighted by Crippen LogP contribution is -2.30. The second kappa shape index (κ2) is 8.11. The minimum atomic E-state index is -0.944. The van der Waals surface area contributed by atoms with E-state index in [9.17, 15) is 19.7 Å². The van der Waals surface area contributed by atoms with Gasteiger partial charge in [0.05, 0.1) is 23.3 Å². The van der Waals surface area contributed by atoms with Gasteiger partial charge in [-0.2, -0.15) is 0 Å². The van der Waals surface area contributed by atoms with Crippen molar-refractivity contribution in [3.63, 3.8) is 0 Å². The van der Waals surface area contributed by atoms with Crippen LogP contribution >= 0.6 is 0 Å². The van der Waals surface area contributed by atoms with Crippen LogP contribution in [0, 0.1) is 17.0 Å². The first-order valence-corrected chi connectivity index (χ1v) is 7.71. The van der Waals surface area contributed by atoms with Crippen molar-refractivity contribution in [1.82, 2.24) is 0 Å². The topological polar surface area (TPSA) is 108 Å². The minimum absolute atomic E-state index is 0.00742. The molecule has 26 heavy (non-hydrogen) atoms. The third kappa shape index (κ3) is 4.35. The molecule has 0 heterocycles. The van der Waals surface area contributed by atoms with Crippen molar-refractivity contribution < 1.29 is 24.0 Å². The van der Waals surface area contributed by atoms with Crippen LogP contribution < -0.4 is 14.8 Å². The van der Waals surface area contributed by atoms with Gasteiger partial charge in [0.1, 0.15) is 11.5 Å². The molecular formula is C18H18N2O6. The van der Waals surface area contributed by atoms with Gasteiger partial charge >= 0.3 is 0 Å². The largest absolute Gasteiger partial charge is 0.495 e. The summed E-state index contributed by atoms with van der Waals surface area (Å²) >= 11 is 0. The summed E-state index contributed by atoms with van der Waals surface area (Å²) in [6, 6.07) is 8.93. The van der Waals surface area contributed by atoms with Crippen molar-refractivity contribution in [1.29, 1.82) is 0 Å². The van der Waals surface area contributed by atoms with Crippen molar-refractivity contribution >= 4 is 23.6 Å². The number of nitro groups is 1. The Labute approximate surface area is 149 Å². The number of rotatable bonds is 7. The standard InChI is InChI=1S/C18H18N2O6/c1-11-4-6-17(25-3)15(8-11)19-18(22)12(2)26-16-7-5-14(20(23)24)9-13(16)10-21/h4-10,12H,1-3H3,(H,19,22)/t12-/m1/s1. The van der Waals surface area contributed by atoms with Crippen molar-refractivity contribution in [2.24, 2.45) is 0 Å². The predicted molar refractivity (Wildman–Crippen MR) is 94.9 cm³/mol. The van der Waals surface area contributed by atoms with Crippen LogP contribution in [0.25, 0.3) is 0 Å². The Hall–Kier alpha value is -3.42. The van der Waals surface area contributed by atoms with Crippen LogP contribution in [0.4, 0.5) is 11.4 Å². The van der Waals surface area contributed by atoms with Gasteiger partial charge in [-0.3, -0.25) is 19.7 Å². The molecule has 0 bridgehead atoms. The Balaban J connectivity index is 2.16. The normalized spacial score (nSPS) is 11.3. The molecule has 1 N–H and O–H groups in total. The third-order valence-corrected chi connectivity index (χ3v) is 3.62. The number of methoxy groups -OCH3 is 1. The number of nitro benzene ring substituents is 1. The molecule has 0 unspecified atom stereocenters. The quantitative estimate of drug-likeness (QED) is 0.463. The first kappa shape index (κ1) is 18.9. The summed E-state index contributed by atoms with van der Waals surface area (Å²) in [4.78, 5) is 33.7. The summed E-state index contributed by atoms with van der Waals surface area (Å²) in [5.41, 5.74) is 1.19. The zero-order chi connectivity index (χ0) is 19.3. The molecule has 0 aliphatic carbocycles. The van der Waals surface area contributed by atoms with Crippen LogP contribution in [0.1, 0.15) is 22.8 Å². The second-order valence-electron chi connectivity index (χ2n) is 5.55. The Kier molecular flexibility index (Phi) is 5.90. The lowest BCUT2D eigenvalue weighted by Gasteiger charge is -2.17. The van der Waals surface area contributed by atoms with Gasteiger partial charge < -0.3 is 14.8 Å². The van der Waals surface area contributed by atoms with Crippen molar-refractivity contribution in [2.45, 2.75) is 20.0 Å². The maximum absolute atomic E-state index is 12.4. The number of amides is 1. The van der Waals surface area contributed by atoms with Gasteiger partial charge in [0.15, 0.2) is 12.4 Å². The predicted octanol–water partition coefficient (Wildman–Crippen LogP) is 3.13. The molecule has 0 radical (unpaired) electrons. The van der Waals surface area contributed by atoms with Crippen LogP contribution in [0.2, 0.25) is 0 Å². The molecule has 8 nitrogen and oxygen atoms in total. The number of aldehydes is 1. The number of carbonyl (C=O) groups is 2. The average Bonchev–Trinajstić information content (AvgIpc) is 2.61. The number of anilines is 1. The fourth-order valence-corrected chi connectivity index (χ4v) is 2.25. The van der Waals surface area contributed by atoms with Gasteiger partial charge in [0.25, 0.3) is 11.6 Å². The van der Waals surface area contributed by atoms with E-state index in [1.54, 1.807) is 12.1 Å². The Morgan fingerprint density at radius 3 is 2.54 bits per heavy atom. The highest BCUT2D eigenvalue weighted by atomic mass is 16.6. The average molecular weight is 358 g/mol. The highest BCUT2D eigenvalue weighted by molar-refractivity contribution is 5.95. The zero-order valence-corrected chi connectivity index (χ0v) is 14.5. The van der Waals surface area contributed by atoms with Gasteiger partial charge in [-0.15, -0.1) is 0 Å². The fourth-order valence-electron chi connectivity index (χ4n) is 2.25. The van der Waals surface area contributed by atoms with Crippen molar-refractivity contribution in [2.75, 3.05) is 12.4 Å². The SMILES string of the molecule is COc1ccc(C)cc1NC(=O)[C@@H](C)Oc1ccc([N+](=O)[O-])cc1C=O. The molecule has 2 aromatic carbocycles. The van der Waals surface area contributed by atoms with Crippen LogP contribution in [0.15, 0.2) is 36.4 Å². The summed E-state index contributed by atoms with van der Waals surface area (Å²) in [6.45, 7) is 3.38. The first-order valence-electron chi connectivity index (χ1n) is 7.71. The number of carbonyl (C=O) groups excluding carboxylic acids is 2. The number of hydrogen-bond donors (Lipinski definition) is 1. The maximum atomic E-state index is 12.4. The summed E-state index contributed by atoms with van der Waals surface area (Å²) in [6.07, 6.45) is -0.503. The molecule has 0 aliphatic heterocycles. The van der Waals surface area contributed by atoms with Gasteiger partial charge in [-0.25, -0.2) is 0 Å². The van der Waals surface area contributed by atoms with Crippen LogP contribution in [0.5, 0.6) is 11.5 Å². The van der Waals surface area contributed by atoms with E-state index in [1.807, 2.05) is 13.0 Å². The van der Waals surface area contributed by atoms with Crippen molar-refractivity contribution in [3.05, 3.63) is 57.6 Å². The molecular weight excluding hydrogens is 340 g/mol. The lowest BCUT2D eigenvalue weighted by molar-refractivity contribution is -0.384. The molecule has 136 valence electrons. The molecule has 1 amide bonds. The second-order valence-corrected chi connectivity index (χ2v) is 5.55. The maximum Gasteiger partial charge on any atom is 0.270 e. The van der Waals surface area contributed by atoms with Crippen molar-refractivity contribution in [3.8, 4) is 11.5 Å². The number of benzene rings is 2. The molecule has 2 aromatic rings. The van der Waals surface area contributed by atoms with Crippen LogP contribution in [0.3, 0.4) is 0 Å². The molecule has 0 aromatic heterocycles. The van der Waals surface area contributed by atoms with Crippen LogP contribution in [-0.2, 0) is 4.79 Å². The number of ether oxygens (including phenoxy) is 2. The number of aryl methyl sites for hydroxylation is 1. The molecule has 0 spiro atoms. The van der Waals surface area contributed by atoms with E-state index in [0.717, 1.165) is 11.6 Å². The highest BCUT2D eigenvalue weighted by Crippen LogP contribution is 2.27. The molecule has 0 saturated carbocycles. The molecule has 0 fully saturated rings. The van der Waals surface area contributed by atoms with Gasteiger partial charge in [0, 0.05) is 12.1 Å². The van der Waals surface area contributed by atoms with Gasteiger partial charge in [-0.05, 0) is 37.6 Å². The zero-order valence-electron chi connectivity index (χ0n) is 14.5. The Bertz CT molecular complexity index is 850. The number of nitrogens with one attached hydrogen (secondary N) is 1. The third-order valence-electron chi connectivity index (χ3n) is 3.62. The first-order chi connectivity index (χ1) is 12.3.